The normalized spacial score (nSPS) is 11.4. The van der Waals surface area contributed by atoms with Crippen molar-refractivity contribution in [3.63, 3.8) is 0 Å². The quantitative estimate of drug-likeness (QED) is 0.740. The van der Waals surface area contributed by atoms with Crippen molar-refractivity contribution in [2.24, 2.45) is 0 Å². The number of aliphatic carboxylic acids is 2. The second kappa shape index (κ2) is 3.92. The number of carboxylic acid groups (broad SMARTS) is 2. The van der Waals surface area contributed by atoms with E-state index in [9.17, 15) is 14.0 Å². The molecule has 0 saturated carbocycles. The van der Waals surface area contributed by atoms with E-state index < -0.39 is 24.0 Å². The van der Waals surface area contributed by atoms with Crippen molar-refractivity contribution in [1.82, 2.24) is 5.16 Å². The Balaban J connectivity index is 3.11. The molecule has 6 nitrogen and oxygen atoms in total. The first-order chi connectivity index (χ1) is 7.29. The highest BCUT2D eigenvalue weighted by atomic mass is 19.1. The van der Waals surface area contributed by atoms with E-state index in [2.05, 4.69) is 5.16 Å². The maximum atomic E-state index is 13.7. The number of carboxylic acids is 2. The summed E-state index contributed by atoms with van der Waals surface area (Å²) in [4.78, 5) is 21.2. The van der Waals surface area contributed by atoms with E-state index in [1.165, 1.54) is 13.8 Å². The first-order valence-electron chi connectivity index (χ1n) is 4.36. The van der Waals surface area contributed by atoms with Gasteiger partial charge in [-0.1, -0.05) is 5.16 Å². The topological polar surface area (TPSA) is 101 Å². The van der Waals surface area contributed by atoms with Gasteiger partial charge in [-0.05, 0) is 13.8 Å². The Bertz CT molecular complexity index is 406. The molecule has 1 heterocycles. The SMILES string of the molecule is Cc1noc(C)c1CC(F)(C(=O)O)C(=O)O. The van der Waals surface area contributed by atoms with Crippen molar-refractivity contribution in [1.29, 1.82) is 0 Å². The number of carbonyl (C=O) groups is 2. The van der Waals surface area contributed by atoms with Crippen LogP contribution in [0.5, 0.6) is 0 Å². The predicted molar refractivity (Wildman–Crippen MR) is 48.8 cm³/mol. The average molecular weight is 231 g/mol. The van der Waals surface area contributed by atoms with Crippen molar-refractivity contribution < 1.29 is 28.7 Å². The first kappa shape index (κ1) is 12.2. The van der Waals surface area contributed by atoms with Gasteiger partial charge in [-0.2, -0.15) is 0 Å². The van der Waals surface area contributed by atoms with E-state index in [4.69, 9.17) is 14.7 Å². The summed E-state index contributed by atoms with van der Waals surface area (Å²) >= 11 is 0. The zero-order chi connectivity index (χ0) is 12.5. The maximum absolute atomic E-state index is 13.7. The molecule has 2 N–H and O–H groups in total. The monoisotopic (exact) mass is 231 g/mol. The fraction of sp³-hybridized carbons (Fsp3) is 0.444. The van der Waals surface area contributed by atoms with Crippen LogP contribution in [0.25, 0.3) is 0 Å². The Kier molecular flexibility index (Phi) is 2.97. The summed E-state index contributed by atoms with van der Waals surface area (Å²) < 4.78 is 18.4. The summed E-state index contributed by atoms with van der Waals surface area (Å²) in [6.45, 7) is 2.94. The van der Waals surface area contributed by atoms with Crippen molar-refractivity contribution in [2.45, 2.75) is 25.9 Å². The summed E-state index contributed by atoms with van der Waals surface area (Å²) in [5.74, 6) is -3.87. The Labute approximate surface area is 89.7 Å². The maximum Gasteiger partial charge on any atom is 0.353 e. The Hall–Kier alpha value is -1.92. The van der Waals surface area contributed by atoms with E-state index >= 15 is 0 Å². The zero-order valence-electron chi connectivity index (χ0n) is 8.65. The van der Waals surface area contributed by atoms with E-state index in [1.807, 2.05) is 0 Å². The van der Waals surface area contributed by atoms with Crippen LogP contribution in [0.4, 0.5) is 4.39 Å². The molecule has 1 rings (SSSR count). The largest absolute Gasteiger partial charge is 0.478 e. The van der Waals surface area contributed by atoms with Crippen LogP contribution in [0.2, 0.25) is 0 Å². The predicted octanol–water partition coefficient (Wildman–Crippen LogP) is 0.711. The van der Waals surface area contributed by atoms with Crippen LogP contribution in [0.1, 0.15) is 17.0 Å². The third kappa shape index (κ3) is 1.88. The van der Waals surface area contributed by atoms with Gasteiger partial charge in [-0.15, -0.1) is 0 Å². The van der Waals surface area contributed by atoms with Gasteiger partial charge in [0.2, 0.25) is 0 Å². The highest BCUT2D eigenvalue weighted by molar-refractivity contribution is 6.02. The molecule has 0 aliphatic carbocycles. The molecule has 16 heavy (non-hydrogen) atoms. The molecular formula is C9H10FNO5. The molecule has 0 unspecified atom stereocenters. The lowest BCUT2D eigenvalue weighted by atomic mass is 9.95. The number of hydrogen-bond acceptors (Lipinski definition) is 4. The van der Waals surface area contributed by atoms with Gasteiger partial charge < -0.3 is 14.7 Å². The smallest absolute Gasteiger partial charge is 0.353 e. The summed E-state index contributed by atoms with van der Waals surface area (Å²) in [7, 11) is 0. The number of aryl methyl sites for hydroxylation is 2. The van der Waals surface area contributed by atoms with Gasteiger partial charge in [0, 0.05) is 12.0 Å². The van der Waals surface area contributed by atoms with Crippen LogP contribution < -0.4 is 0 Å². The molecule has 1 aromatic rings. The van der Waals surface area contributed by atoms with E-state index in [1.54, 1.807) is 0 Å². The Morgan fingerprint density at radius 1 is 1.38 bits per heavy atom. The van der Waals surface area contributed by atoms with Gasteiger partial charge in [0.05, 0.1) is 5.69 Å². The minimum absolute atomic E-state index is 0.160. The van der Waals surface area contributed by atoms with E-state index in [0.717, 1.165) is 0 Å². The van der Waals surface area contributed by atoms with E-state index in [0.29, 0.717) is 0 Å². The lowest BCUT2D eigenvalue weighted by Crippen LogP contribution is -2.44. The molecule has 0 radical (unpaired) electrons. The minimum Gasteiger partial charge on any atom is -0.478 e. The second-order valence-corrected chi connectivity index (χ2v) is 3.39. The molecule has 0 atom stereocenters. The average Bonchev–Trinajstić information content (AvgIpc) is 2.48. The summed E-state index contributed by atoms with van der Waals surface area (Å²) in [6, 6.07) is 0. The van der Waals surface area contributed by atoms with Crippen LogP contribution in [-0.4, -0.2) is 33.0 Å². The molecule has 0 amide bonds. The number of halogens is 1. The summed E-state index contributed by atoms with van der Waals surface area (Å²) in [5.41, 5.74) is -2.92. The lowest BCUT2D eigenvalue weighted by Gasteiger charge is -2.14. The summed E-state index contributed by atoms with van der Waals surface area (Å²) in [5, 5.41) is 20.6. The van der Waals surface area contributed by atoms with Gasteiger partial charge >= 0.3 is 17.6 Å². The molecule has 0 saturated heterocycles. The van der Waals surface area contributed by atoms with Gasteiger partial charge in [0.25, 0.3) is 0 Å². The number of rotatable bonds is 4. The number of nitrogens with zero attached hydrogens (tertiary/aromatic N) is 1. The van der Waals surface area contributed by atoms with Crippen LogP contribution in [0, 0.1) is 13.8 Å². The molecule has 0 spiro atoms. The van der Waals surface area contributed by atoms with Gasteiger partial charge in [0.15, 0.2) is 0 Å². The third-order valence-corrected chi connectivity index (χ3v) is 2.28. The van der Waals surface area contributed by atoms with Crippen molar-refractivity contribution in [2.75, 3.05) is 0 Å². The van der Waals surface area contributed by atoms with Gasteiger partial charge in [0.1, 0.15) is 5.76 Å². The summed E-state index contributed by atoms with van der Waals surface area (Å²) in [6.07, 6.45) is -0.807. The van der Waals surface area contributed by atoms with Crippen LogP contribution in [-0.2, 0) is 16.0 Å². The van der Waals surface area contributed by atoms with Crippen LogP contribution in [0.3, 0.4) is 0 Å². The van der Waals surface area contributed by atoms with Crippen molar-refractivity contribution in [3.05, 3.63) is 17.0 Å². The highest BCUT2D eigenvalue weighted by Gasteiger charge is 2.48. The lowest BCUT2D eigenvalue weighted by molar-refractivity contribution is -0.166. The molecule has 0 aliphatic rings. The molecule has 0 fully saturated rings. The Morgan fingerprint density at radius 2 is 1.88 bits per heavy atom. The Morgan fingerprint density at radius 3 is 2.19 bits per heavy atom. The zero-order valence-corrected chi connectivity index (χ0v) is 8.65. The van der Waals surface area contributed by atoms with Crippen molar-refractivity contribution in [3.8, 4) is 0 Å². The molecule has 88 valence electrons. The fourth-order valence-corrected chi connectivity index (χ4v) is 1.24. The molecule has 7 heteroatoms. The fourth-order valence-electron chi connectivity index (χ4n) is 1.24. The van der Waals surface area contributed by atoms with Crippen LogP contribution in [0.15, 0.2) is 4.52 Å². The van der Waals surface area contributed by atoms with Gasteiger partial charge in [-0.25, -0.2) is 14.0 Å². The number of hydrogen-bond donors (Lipinski definition) is 2. The molecular weight excluding hydrogens is 221 g/mol. The van der Waals surface area contributed by atoms with E-state index in [-0.39, 0.29) is 17.0 Å². The van der Waals surface area contributed by atoms with Crippen molar-refractivity contribution >= 4 is 11.9 Å². The number of aromatic nitrogens is 1. The second-order valence-electron chi connectivity index (χ2n) is 3.39. The molecule has 0 bridgehead atoms. The highest BCUT2D eigenvalue weighted by Crippen LogP contribution is 2.23. The first-order valence-corrected chi connectivity index (χ1v) is 4.36. The molecule has 0 aromatic carbocycles. The van der Waals surface area contributed by atoms with Crippen LogP contribution >= 0.6 is 0 Å². The standard InChI is InChI=1S/C9H10FNO5/c1-4-6(5(2)16-11-4)3-9(10,7(12)13)8(14)15/h3H2,1-2H3,(H,12,13)(H,14,15). The molecule has 1 aromatic heterocycles. The molecule has 0 aliphatic heterocycles. The number of alkyl halides is 1. The minimum atomic E-state index is -3.36. The third-order valence-electron chi connectivity index (χ3n) is 2.28. The van der Waals surface area contributed by atoms with Gasteiger partial charge in [-0.3, -0.25) is 0 Å².